The van der Waals surface area contributed by atoms with E-state index in [-0.39, 0.29) is 5.41 Å². The molecule has 0 bridgehead atoms. The second-order valence-electron chi connectivity index (χ2n) is 4.81. The Balaban J connectivity index is 2.30. The van der Waals surface area contributed by atoms with Gasteiger partial charge in [-0.25, -0.2) is 0 Å². The maximum absolute atomic E-state index is 5.76. The van der Waals surface area contributed by atoms with Gasteiger partial charge in [0.2, 0.25) is 0 Å². The van der Waals surface area contributed by atoms with E-state index in [0.717, 1.165) is 24.6 Å². The van der Waals surface area contributed by atoms with Gasteiger partial charge >= 0.3 is 0 Å². The van der Waals surface area contributed by atoms with Gasteiger partial charge in [-0.2, -0.15) is 0 Å². The van der Waals surface area contributed by atoms with Gasteiger partial charge in [-0.05, 0) is 24.6 Å². The third kappa shape index (κ3) is 1.84. The van der Waals surface area contributed by atoms with Gasteiger partial charge in [-0.1, -0.05) is 19.9 Å². The lowest BCUT2D eigenvalue weighted by atomic mass is 9.95. The van der Waals surface area contributed by atoms with Crippen LogP contribution < -0.4 is 10.1 Å². The molecule has 0 aliphatic carbocycles. The Bertz CT molecular complexity index is 344. The van der Waals surface area contributed by atoms with Crippen LogP contribution in [0.5, 0.6) is 5.75 Å². The van der Waals surface area contributed by atoms with Crippen LogP contribution in [0, 0.1) is 12.3 Å². The van der Waals surface area contributed by atoms with Crippen LogP contribution >= 0.6 is 0 Å². The summed E-state index contributed by atoms with van der Waals surface area (Å²) in [5, 5.41) is 3.43. The van der Waals surface area contributed by atoms with E-state index in [9.17, 15) is 0 Å². The molecule has 0 fully saturated rings. The second kappa shape index (κ2) is 3.19. The zero-order valence-corrected chi connectivity index (χ0v) is 9.05. The van der Waals surface area contributed by atoms with Gasteiger partial charge < -0.3 is 10.1 Å². The second-order valence-corrected chi connectivity index (χ2v) is 4.81. The van der Waals surface area contributed by atoms with Gasteiger partial charge in [0.25, 0.3) is 0 Å². The molecule has 2 nitrogen and oxygen atoms in total. The fraction of sp³-hybridized carbons (Fsp3) is 0.500. The Labute approximate surface area is 85.3 Å². The Hall–Kier alpha value is -1.18. The molecular weight excluding hydrogens is 174 g/mol. The number of ether oxygens (including phenoxy) is 1. The van der Waals surface area contributed by atoms with Crippen molar-refractivity contribution in [3.63, 3.8) is 0 Å². The molecule has 1 aliphatic heterocycles. The van der Waals surface area contributed by atoms with E-state index in [1.807, 2.05) is 6.07 Å². The molecule has 76 valence electrons. The van der Waals surface area contributed by atoms with Gasteiger partial charge in [0.1, 0.15) is 5.75 Å². The van der Waals surface area contributed by atoms with Crippen LogP contribution in [0.1, 0.15) is 19.4 Å². The minimum atomic E-state index is 0.201. The quantitative estimate of drug-likeness (QED) is 0.681. The molecule has 0 unspecified atom stereocenters. The summed E-state index contributed by atoms with van der Waals surface area (Å²) in [6, 6.07) is 6.26. The molecule has 0 atom stereocenters. The van der Waals surface area contributed by atoms with Crippen molar-refractivity contribution in [3.05, 3.63) is 23.8 Å². The van der Waals surface area contributed by atoms with Crippen LogP contribution in [-0.4, -0.2) is 13.2 Å². The van der Waals surface area contributed by atoms with Gasteiger partial charge in [0.15, 0.2) is 0 Å². The summed E-state index contributed by atoms with van der Waals surface area (Å²) in [5.41, 5.74) is 2.59. The molecule has 1 aliphatic rings. The smallest absolute Gasteiger partial charge is 0.142 e. The molecule has 0 saturated heterocycles. The fourth-order valence-corrected chi connectivity index (χ4v) is 1.57. The van der Waals surface area contributed by atoms with Gasteiger partial charge in [0.05, 0.1) is 12.3 Å². The van der Waals surface area contributed by atoms with Crippen molar-refractivity contribution in [2.75, 3.05) is 18.5 Å². The molecule has 0 spiro atoms. The first-order chi connectivity index (χ1) is 6.57. The molecular formula is C12H17NO. The third-order valence-corrected chi connectivity index (χ3v) is 2.51. The summed E-state index contributed by atoms with van der Waals surface area (Å²) >= 11 is 0. The molecule has 2 rings (SSSR count). The number of fused-ring (bicyclic) bond motifs is 1. The third-order valence-electron chi connectivity index (χ3n) is 2.51. The number of hydrogen-bond acceptors (Lipinski definition) is 2. The van der Waals surface area contributed by atoms with Crippen LogP contribution in [-0.2, 0) is 0 Å². The molecule has 0 radical (unpaired) electrons. The molecule has 1 aromatic rings. The van der Waals surface area contributed by atoms with E-state index in [4.69, 9.17) is 4.74 Å². The Morgan fingerprint density at radius 1 is 1.36 bits per heavy atom. The van der Waals surface area contributed by atoms with Crippen LogP contribution in [0.2, 0.25) is 0 Å². The Morgan fingerprint density at radius 2 is 2.14 bits per heavy atom. The van der Waals surface area contributed by atoms with E-state index >= 15 is 0 Å². The highest BCUT2D eigenvalue weighted by atomic mass is 16.5. The zero-order valence-electron chi connectivity index (χ0n) is 9.05. The van der Waals surface area contributed by atoms with E-state index < -0.39 is 0 Å². The molecule has 0 aromatic heterocycles. The van der Waals surface area contributed by atoms with E-state index in [0.29, 0.717) is 0 Å². The summed E-state index contributed by atoms with van der Waals surface area (Å²) in [5.74, 6) is 0.973. The fourth-order valence-electron chi connectivity index (χ4n) is 1.57. The molecule has 2 heteroatoms. The Morgan fingerprint density at radius 3 is 2.93 bits per heavy atom. The van der Waals surface area contributed by atoms with Crippen molar-refractivity contribution in [1.29, 1.82) is 0 Å². The Kier molecular flexibility index (Phi) is 2.14. The van der Waals surface area contributed by atoms with E-state index in [1.165, 1.54) is 5.56 Å². The first-order valence-corrected chi connectivity index (χ1v) is 5.04. The molecule has 1 heterocycles. The molecule has 0 saturated carbocycles. The highest BCUT2D eigenvalue weighted by Crippen LogP contribution is 2.31. The summed E-state index contributed by atoms with van der Waals surface area (Å²) in [6.45, 7) is 8.25. The molecule has 14 heavy (non-hydrogen) atoms. The first kappa shape index (κ1) is 9.38. The van der Waals surface area contributed by atoms with Crippen molar-refractivity contribution in [2.45, 2.75) is 20.8 Å². The van der Waals surface area contributed by atoms with E-state index in [1.54, 1.807) is 0 Å². The number of rotatable bonds is 0. The summed E-state index contributed by atoms with van der Waals surface area (Å²) < 4.78 is 5.76. The van der Waals surface area contributed by atoms with Crippen LogP contribution in [0.15, 0.2) is 18.2 Å². The maximum atomic E-state index is 5.76. The minimum Gasteiger partial charge on any atom is -0.491 e. The number of benzene rings is 1. The van der Waals surface area contributed by atoms with Crippen LogP contribution in [0.4, 0.5) is 5.69 Å². The highest BCUT2D eigenvalue weighted by molar-refractivity contribution is 5.58. The lowest BCUT2D eigenvalue weighted by Gasteiger charge is -2.20. The number of aryl methyl sites for hydroxylation is 1. The van der Waals surface area contributed by atoms with Gasteiger partial charge in [-0.15, -0.1) is 0 Å². The molecule has 1 N–H and O–H groups in total. The van der Waals surface area contributed by atoms with Crippen LogP contribution in [0.3, 0.4) is 0 Å². The normalized spacial score (nSPS) is 18.8. The lowest BCUT2D eigenvalue weighted by molar-refractivity contribution is 0.200. The van der Waals surface area contributed by atoms with Crippen molar-refractivity contribution >= 4 is 5.69 Å². The van der Waals surface area contributed by atoms with Crippen molar-refractivity contribution in [3.8, 4) is 5.75 Å². The van der Waals surface area contributed by atoms with Crippen molar-refractivity contribution < 1.29 is 4.74 Å². The average molecular weight is 191 g/mol. The maximum Gasteiger partial charge on any atom is 0.142 e. The first-order valence-electron chi connectivity index (χ1n) is 5.04. The largest absolute Gasteiger partial charge is 0.491 e. The number of nitrogens with one attached hydrogen (secondary N) is 1. The predicted octanol–water partition coefficient (Wildman–Crippen LogP) is 2.83. The van der Waals surface area contributed by atoms with E-state index in [2.05, 4.69) is 38.2 Å². The lowest BCUT2D eigenvalue weighted by Crippen LogP contribution is -2.27. The van der Waals surface area contributed by atoms with Crippen LogP contribution in [0.25, 0.3) is 0 Å². The SMILES string of the molecule is Cc1ccc2c(c1)NCC(C)(C)CO2. The molecule has 0 amide bonds. The minimum absolute atomic E-state index is 0.201. The zero-order chi connectivity index (χ0) is 10.2. The number of anilines is 1. The topological polar surface area (TPSA) is 21.3 Å². The monoisotopic (exact) mass is 191 g/mol. The van der Waals surface area contributed by atoms with Crippen molar-refractivity contribution in [2.24, 2.45) is 5.41 Å². The summed E-state index contributed by atoms with van der Waals surface area (Å²) in [6.07, 6.45) is 0. The average Bonchev–Trinajstić information content (AvgIpc) is 2.26. The highest BCUT2D eigenvalue weighted by Gasteiger charge is 2.23. The summed E-state index contributed by atoms with van der Waals surface area (Å²) in [4.78, 5) is 0. The van der Waals surface area contributed by atoms with Gasteiger partial charge in [0, 0.05) is 12.0 Å². The number of hydrogen-bond donors (Lipinski definition) is 1. The van der Waals surface area contributed by atoms with Gasteiger partial charge in [-0.3, -0.25) is 0 Å². The molecule has 1 aromatic carbocycles. The summed E-state index contributed by atoms with van der Waals surface area (Å²) in [7, 11) is 0. The predicted molar refractivity (Wildman–Crippen MR) is 58.9 cm³/mol. The standard InChI is InChI=1S/C12H17NO/c1-9-4-5-11-10(6-9)13-7-12(2,3)8-14-11/h4-6,13H,7-8H2,1-3H3. The van der Waals surface area contributed by atoms with Crippen molar-refractivity contribution in [1.82, 2.24) is 0 Å².